The number of anilines is 1. The monoisotopic (exact) mass is 506 g/mol. The second kappa shape index (κ2) is 9.26. The van der Waals surface area contributed by atoms with E-state index in [1.807, 2.05) is 56.3 Å². The molecule has 196 valence electrons. The van der Waals surface area contributed by atoms with Crippen LogP contribution in [0.1, 0.15) is 39.5 Å². The predicted molar refractivity (Wildman–Crippen MR) is 139 cm³/mol. The van der Waals surface area contributed by atoms with E-state index in [-0.39, 0.29) is 19.1 Å². The molecule has 5 rings (SSSR count). The second-order valence-corrected chi connectivity index (χ2v) is 10.4. The minimum atomic E-state index is -1.26. The molecule has 3 heterocycles. The molecule has 8 heteroatoms. The number of aliphatic hydroxyl groups is 1. The van der Waals surface area contributed by atoms with E-state index in [9.17, 15) is 24.6 Å². The van der Waals surface area contributed by atoms with Gasteiger partial charge in [0, 0.05) is 12.2 Å². The highest BCUT2D eigenvalue weighted by molar-refractivity contribution is 6.05. The second-order valence-electron chi connectivity index (χ2n) is 10.4. The number of carbonyl (C=O) groups is 3. The molecule has 0 aliphatic carbocycles. The molecule has 8 nitrogen and oxygen atoms in total. The summed E-state index contributed by atoms with van der Waals surface area (Å²) in [4.78, 5) is 44.1. The number of rotatable bonds is 9. The molecule has 0 aromatic heterocycles. The molecule has 0 saturated carbocycles. The number of carboxylic acid groups (broad SMARTS) is 1. The van der Waals surface area contributed by atoms with E-state index in [1.165, 1.54) is 4.90 Å². The van der Waals surface area contributed by atoms with Gasteiger partial charge in [0.25, 0.3) is 5.91 Å². The molecular weight excluding hydrogens is 472 g/mol. The summed E-state index contributed by atoms with van der Waals surface area (Å²) < 4.78 is 6.60. The van der Waals surface area contributed by atoms with Crippen molar-refractivity contribution in [2.45, 2.75) is 62.8 Å². The molecular formula is C29H34N2O6. The number of hydrogen-bond donors (Lipinski definition) is 2. The fourth-order valence-electron chi connectivity index (χ4n) is 7.06. The Hall–Kier alpha value is -3.23. The number of carboxylic acids is 1. The SMILES string of the molecule is C=CCN(C(=O)C1N([C@@H](CC)CO)C(=O)[C@@H]2[C@@H](C(=O)O)[C@@]3(CC)CCC12O3)c1ccc2ccccc2c1. The van der Waals surface area contributed by atoms with Crippen LogP contribution >= 0.6 is 0 Å². The molecule has 2 bridgehead atoms. The maximum absolute atomic E-state index is 14.5. The molecule has 2 N–H and O–H groups in total. The molecule has 3 fully saturated rings. The molecule has 2 aromatic rings. The fraction of sp³-hybridized carbons (Fsp3) is 0.483. The maximum atomic E-state index is 14.5. The van der Waals surface area contributed by atoms with E-state index in [4.69, 9.17) is 4.74 Å². The highest BCUT2D eigenvalue weighted by Crippen LogP contribution is 2.64. The van der Waals surface area contributed by atoms with Crippen LogP contribution in [0.3, 0.4) is 0 Å². The van der Waals surface area contributed by atoms with Crippen LogP contribution in [0.15, 0.2) is 55.1 Å². The zero-order valence-corrected chi connectivity index (χ0v) is 21.3. The van der Waals surface area contributed by atoms with Crippen LogP contribution in [0.5, 0.6) is 0 Å². The van der Waals surface area contributed by atoms with E-state index in [0.717, 1.165) is 10.8 Å². The zero-order chi connectivity index (χ0) is 26.5. The van der Waals surface area contributed by atoms with Gasteiger partial charge < -0.3 is 24.7 Å². The first-order valence-corrected chi connectivity index (χ1v) is 13.1. The number of ether oxygens (including phenoxy) is 1. The minimum Gasteiger partial charge on any atom is -0.481 e. The highest BCUT2D eigenvalue weighted by atomic mass is 16.5. The summed E-state index contributed by atoms with van der Waals surface area (Å²) in [5.74, 6) is -3.86. The number of likely N-dealkylation sites (tertiary alicyclic amines) is 1. The van der Waals surface area contributed by atoms with Crippen LogP contribution in [0, 0.1) is 11.8 Å². The summed E-state index contributed by atoms with van der Waals surface area (Å²) >= 11 is 0. The quantitative estimate of drug-likeness (QED) is 0.505. The van der Waals surface area contributed by atoms with E-state index in [2.05, 4.69) is 6.58 Å². The fourth-order valence-corrected chi connectivity index (χ4v) is 7.06. The largest absolute Gasteiger partial charge is 0.481 e. The molecule has 1 spiro atoms. The molecule has 2 amide bonds. The summed E-state index contributed by atoms with van der Waals surface area (Å²) in [5, 5.41) is 22.4. The van der Waals surface area contributed by atoms with Crippen molar-refractivity contribution in [3.63, 3.8) is 0 Å². The van der Waals surface area contributed by atoms with Gasteiger partial charge >= 0.3 is 5.97 Å². The standard InChI is InChI=1S/C29H34N2O6/c1-4-15-30(21-12-11-18-9-7-8-10-19(18)16-21)26(34)24-29-14-13-28(6-3,37-29)23(27(35)36)22(29)25(33)31(24)20(5-2)17-32/h4,7-12,16,20,22-24,32H,1,5-6,13-15,17H2,2-3H3,(H,35,36)/t20-,22-,23-,24?,28+,29?/m0/s1. The summed E-state index contributed by atoms with van der Waals surface area (Å²) in [6, 6.07) is 11.9. The van der Waals surface area contributed by atoms with E-state index in [0.29, 0.717) is 31.4 Å². The van der Waals surface area contributed by atoms with Crippen molar-refractivity contribution < 1.29 is 29.3 Å². The normalized spacial score (nSPS) is 30.9. The number of nitrogens with zero attached hydrogens (tertiary/aromatic N) is 2. The number of benzene rings is 2. The van der Waals surface area contributed by atoms with Crippen LogP contribution in [0.4, 0.5) is 5.69 Å². The zero-order valence-electron chi connectivity index (χ0n) is 21.3. The van der Waals surface area contributed by atoms with E-state index < -0.39 is 47.0 Å². The first-order chi connectivity index (χ1) is 17.8. The Labute approximate surface area is 216 Å². The Morgan fingerprint density at radius 1 is 1.22 bits per heavy atom. The first-order valence-electron chi connectivity index (χ1n) is 13.1. The lowest BCUT2D eigenvalue weighted by atomic mass is 9.65. The number of amides is 2. The first kappa shape index (κ1) is 25.4. The van der Waals surface area contributed by atoms with Crippen molar-refractivity contribution in [1.29, 1.82) is 0 Å². The average molecular weight is 507 g/mol. The van der Waals surface area contributed by atoms with Crippen molar-refractivity contribution >= 4 is 34.2 Å². The Bertz CT molecular complexity index is 1260. The van der Waals surface area contributed by atoms with Crippen molar-refractivity contribution in [2.24, 2.45) is 11.8 Å². The third-order valence-corrected chi connectivity index (χ3v) is 8.82. The molecule has 6 atom stereocenters. The third kappa shape index (κ3) is 3.53. The van der Waals surface area contributed by atoms with Gasteiger partial charge in [0.2, 0.25) is 5.91 Å². The van der Waals surface area contributed by atoms with E-state index >= 15 is 0 Å². The smallest absolute Gasteiger partial charge is 0.310 e. The molecule has 2 unspecified atom stereocenters. The van der Waals surface area contributed by atoms with Crippen LogP contribution in [0.2, 0.25) is 0 Å². The summed E-state index contributed by atoms with van der Waals surface area (Å²) in [6.07, 6.45) is 3.37. The Morgan fingerprint density at radius 2 is 1.95 bits per heavy atom. The number of carbonyl (C=O) groups excluding carboxylic acids is 2. The minimum absolute atomic E-state index is 0.202. The van der Waals surface area contributed by atoms with Gasteiger partial charge in [-0.05, 0) is 48.6 Å². The van der Waals surface area contributed by atoms with Crippen LogP contribution in [-0.2, 0) is 19.1 Å². The van der Waals surface area contributed by atoms with Crippen molar-refractivity contribution in [3.05, 3.63) is 55.1 Å². The molecule has 3 aliphatic heterocycles. The van der Waals surface area contributed by atoms with Gasteiger partial charge in [-0.15, -0.1) is 6.58 Å². The summed E-state index contributed by atoms with van der Waals surface area (Å²) in [6.45, 7) is 7.43. The Kier molecular flexibility index (Phi) is 6.36. The van der Waals surface area contributed by atoms with Crippen LogP contribution in [-0.4, -0.2) is 69.3 Å². The van der Waals surface area contributed by atoms with Gasteiger partial charge in [0.05, 0.1) is 24.2 Å². The molecule has 3 saturated heterocycles. The molecule has 2 aromatic carbocycles. The van der Waals surface area contributed by atoms with Gasteiger partial charge in [-0.2, -0.15) is 0 Å². The number of aliphatic carboxylic acids is 1. The topological polar surface area (TPSA) is 107 Å². The van der Waals surface area contributed by atoms with Crippen molar-refractivity contribution in [3.8, 4) is 0 Å². The lowest BCUT2D eigenvalue weighted by molar-refractivity contribution is -0.157. The van der Waals surface area contributed by atoms with Gasteiger partial charge in [-0.3, -0.25) is 14.4 Å². The van der Waals surface area contributed by atoms with Gasteiger partial charge in [-0.25, -0.2) is 0 Å². The van der Waals surface area contributed by atoms with Crippen molar-refractivity contribution in [2.75, 3.05) is 18.1 Å². The average Bonchev–Trinajstić information content (AvgIpc) is 3.51. The van der Waals surface area contributed by atoms with Crippen LogP contribution < -0.4 is 4.90 Å². The van der Waals surface area contributed by atoms with Gasteiger partial charge in [0.15, 0.2) is 0 Å². The summed E-state index contributed by atoms with van der Waals surface area (Å²) in [7, 11) is 0. The Morgan fingerprint density at radius 3 is 2.57 bits per heavy atom. The lowest BCUT2D eigenvalue weighted by Gasteiger charge is -2.39. The Balaban J connectivity index is 1.65. The molecule has 37 heavy (non-hydrogen) atoms. The maximum Gasteiger partial charge on any atom is 0.310 e. The number of hydrogen-bond acceptors (Lipinski definition) is 5. The number of fused-ring (bicyclic) bond motifs is 2. The molecule has 3 aliphatic rings. The number of aliphatic hydroxyl groups excluding tert-OH is 1. The van der Waals surface area contributed by atoms with Crippen molar-refractivity contribution in [1.82, 2.24) is 4.90 Å². The highest BCUT2D eigenvalue weighted by Gasteiger charge is 2.79. The third-order valence-electron chi connectivity index (χ3n) is 8.82. The predicted octanol–water partition coefficient (Wildman–Crippen LogP) is 3.37. The summed E-state index contributed by atoms with van der Waals surface area (Å²) in [5.41, 5.74) is -1.59. The van der Waals surface area contributed by atoms with Gasteiger partial charge in [-0.1, -0.05) is 50.3 Å². The molecule has 0 radical (unpaired) electrons. The van der Waals surface area contributed by atoms with Gasteiger partial charge in [0.1, 0.15) is 17.6 Å². The van der Waals surface area contributed by atoms with Crippen LogP contribution in [0.25, 0.3) is 10.8 Å². The van der Waals surface area contributed by atoms with E-state index in [1.54, 1.807) is 11.0 Å². The lowest BCUT2D eigenvalue weighted by Crippen LogP contribution is -2.59.